The van der Waals surface area contributed by atoms with E-state index in [-0.39, 0.29) is 5.91 Å². The third-order valence-electron chi connectivity index (χ3n) is 4.49. The molecule has 0 bridgehead atoms. The third-order valence-corrected chi connectivity index (χ3v) is 4.49. The molecular formula is C20H19N3O2. The van der Waals surface area contributed by atoms with Crippen LogP contribution < -0.4 is 10.1 Å². The van der Waals surface area contributed by atoms with E-state index >= 15 is 0 Å². The van der Waals surface area contributed by atoms with Crippen LogP contribution in [0.15, 0.2) is 54.9 Å². The summed E-state index contributed by atoms with van der Waals surface area (Å²) < 4.78 is 5.21. The zero-order valence-electron chi connectivity index (χ0n) is 13.9. The van der Waals surface area contributed by atoms with Gasteiger partial charge < -0.3 is 20.0 Å². The summed E-state index contributed by atoms with van der Waals surface area (Å²) in [7, 11) is 1.63. The summed E-state index contributed by atoms with van der Waals surface area (Å²) in [6.45, 7) is 0.587. The quantitative estimate of drug-likeness (QED) is 0.522. The maximum atomic E-state index is 12.5. The molecule has 1 amide bonds. The monoisotopic (exact) mass is 333 g/mol. The number of aromatic amines is 2. The first-order valence-electron chi connectivity index (χ1n) is 8.24. The minimum atomic E-state index is -0.0729. The third kappa shape index (κ3) is 2.85. The number of rotatable bonds is 5. The minimum Gasteiger partial charge on any atom is -0.497 e. The van der Waals surface area contributed by atoms with E-state index in [9.17, 15) is 4.79 Å². The van der Waals surface area contributed by atoms with Gasteiger partial charge in [0.2, 0.25) is 0 Å². The Morgan fingerprint density at radius 2 is 1.88 bits per heavy atom. The molecule has 0 saturated carbocycles. The normalized spacial score (nSPS) is 11.1. The van der Waals surface area contributed by atoms with E-state index in [1.165, 1.54) is 10.9 Å². The largest absolute Gasteiger partial charge is 0.497 e. The van der Waals surface area contributed by atoms with Gasteiger partial charge in [0.15, 0.2) is 0 Å². The number of fused-ring (bicyclic) bond motifs is 2. The molecule has 0 atom stereocenters. The van der Waals surface area contributed by atoms with Crippen LogP contribution in [0.2, 0.25) is 0 Å². The molecule has 4 rings (SSSR count). The van der Waals surface area contributed by atoms with Crippen molar-refractivity contribution in [2.45, 2.75) is 6.42 Å². The fraction of sp³-hybridized carbons (Fsp3) is 0.150. The summed E-state index contributed by atoms with van der Waals surface area (Å²) in [4.78, 5) is 18.9. The second kappa shape index (κ2) is 6.36. The topological polar surface area (TPSA) is 69.9 Å². The van der Waals surface area contributed by atoms with Gasteiger partial charge in [-0.2, -0.15) is 0 Å². The van der Waals surface area contributed by atoms with Crippen LogP contribution in [0.1, 0.15) is 15.9 Å². The van der Waals surface area contributed by atoms with Gasteiger partial charge in [0.25, 0.3) is 5.91 Å². The van der Waals surface area contributed by atoms with E-state index in [4.69, 9.17) is 4.74 Å². The highest BCUT2D eigenvalue weighted by Gasteiger charge is 2.12. The van der Waals surface area contributed by atoms with Crippen molar-refractivity contribution in [2.24, 2.45) is 0 Å². The molecule has 5 heteroatoms. The van der Waals surface area contributed by atoms with Gasteiger partial charge in [0.05, 0.1) is 12.7 Å². The van der Waals surface area contributed by atoms with Gasteiger partial charge in [-0.3, -0.25) is 4.79 Å². The van der Waals surface area contributed by atoms with Crippen LogP contribution in [0.4, 0.5) is 0 Å². The number of benzene rings is 2. The van der Waals surface area contributed by atoms with Crippen molar-refractivity contribution in [1.29, 1.82) is 0 Å². The van der Waals surface area contributed by atoms with E-state index in [0.717, 1.165) is 28.6 Å². The number of carbonyl (C=O) groups is 1. The predicted molar refractivity (Wildman–Crippen MR) is 99.2 cm³/mol. The lowest BCUT2D eigenvalue weighted by atomic mass is 10.1. The van der Waals surface area contributed by atoms with Crippen LogP contribution in [0.25, 0.3) is 21.8 Å². The zero-order chi connectivity index (χ0) is 17.2. The number of hydrogen-bond donors (Lipinski definition) is 3. The van der Waals surface area contributed by atoms with Gasteiger partial charge in [-0.25, -0.2) is 0 Å². The number of para-hydroxylation sites is 1. The SMILES string of the molecule is COc1ccc2c(C(=O)NCCc3c[nH]c4ccccc34)c[nH]c2c1. The highest BCUT2D eigenvalue weighted by atomic mass is 16.5. The molecule has 0 unspecified atom stereocenters. The van der Waals surface area contributed by atoms with Crippen LogP contribution in [-0.4, -0.2) is 29.5 Å². The lowest BCUT2D eigenvalue weighted by Crippen LogP contribution is -2.25. The molecule has 126 valence electrons. The predicted octanol–water partition coefficient (Wildman–Crippen LogP) is 3.63. The van der Waals surface area contributed by atoms with Gasteiger partial charge in [0, 0.05) is 46.8 Å². The Labute approximate surface area is 145 Å². The molecule has 0 fully saturated rings. The Balaban J connectivity index is 1.45. The van der Waals surface area contributed by atoms with Gasteiger partial charge in [-0.1, -0.05) is 18.2 Å². The van der Waals surface area contributed by atoms with Crippen LogP contribution >= 0.6 is 0 Å². The van der Waals surface area contributed by atoms with Crippen LogP contribution in [0, 0.1) is 0 Å². The molecule has 4 aromatic rings. The fourth-order valence-corrected chi connectivity index (χ4v) is 3.16. The summed E-state index contributed by atoms with van der Waals surface area (Å²) in [5.41, 5.74) is 3.87. The van der Waals surface area contributed by atoms with Crippen molar-refractivity contribution in [3.05, 3.63) is 66.0 Å². The number of carbonyl (C=O) groups excluding carboxylic acids is 1. The maximum Gasteiger partial charge on any atom is 0.253 e. The minimum absolute atomic E-state index is 0.0729. The summed E-state index contributed by atoms with van der Waals surface area (Å²) in [6.07, 6.45) is 4.53. The molecule has 0 aliphatic heterocycles. The van der Waals surface area contributed by atoms with E-state index in [1.807, 2.05) is 36.5 Å². The Morgan fingerprint density at radius 3 is 2.76 bits per heavy atom. The molecule has 0 spiro atoms. The Bertz CT molecular complexity index is 1050. The number of aromatic nitrogens is 2. The van der Waals surface area contributed by atoms with Gasteiger partial charge in [-0.05, 0) is 30.2 Å². The molecule has 5 nitrogen and oxygen atoms in total. The lowest BCUT2D eigenvalue weighted by molar-refractivity contribution is 0.0956. The second-order valence-electron chi connectivity index (χ2n) is 5.98. The zero-order valence-corrected chi connectivity index (χ0v) is 13.9. The summed E-state index contributed by atoms with van der Waals surface area (Å²) in [5, 5.41) is 5.10. The molecule has 2 heterocycles. The Hall–Kier alpha value is -3.21. The molecule has 0 radical (unpaired) electrons. The number of methoxy groups -OCH3 is 1. The van der Waals surface area contributed by atoms with Crippen molar-refractivity contribution >= 4 is 27.7 Å². The summed E-state index contributed by atoms with van der Waals surface area (Å²) >= 11 is 0. The van der Waals surface area contributed by atoms with Gasteiger partial charge >= 0.3 is 0 Å². The first kappa shape index (κ1) is 15.3. The second-order valence-corrected chi connectivity index (χ2v) is 5.98. The molecule has 0 aliphatic rings. The summed E-state index contributed by atoms with van der Waals surface area (Å²) in [6, 6.07) is 13.8. The van der Waals surface area contributed by atoms with E-state index in [2.05, 4.69) is 27.4 Å². The highest BCUT2D eigenvalue weighted by Crippen LogP contribution is 2.23. The van der Waals surface area contributed by atoms with Crippen molar-refractivity contribution in [3.8, 4) is 5.75 Å². The van der Waals surface area contributed by atoms with Crippen LogP contribution in [0.5, 0.6) is 5.75 Å². The Kier molecular flexibility index (Phi) is 3.90. The van der Waals surface area contributed by atoms with E-state index in [1.54, 1.807) is 13.3 Å². The summed E-state index contributed by atoms with van der Waals surface area (Å²) in [5.74, 6) is 0.692. The van der Waals surface area contributed by atoms with Crippen molar-refractivity contribution < 1.29 is 9.53 Å². The van der Waals surface area contributed by atoms with Crippen molar-refractivity contribution in [1.82, 2.24) is 15.3 Å². The van der Waals surface area contributed by atoms with Crippen molar-refractivity contribution in [2.75, 3.05) is 13.7 Å². The fourth-order valence-electron chi connectivity index (χ4n) is 3.16. The van der Waals surface area contributed by atoms with Crippen LogP contribution in [0.3, 0.4) is 0 Å². The first-order chi connectivity index (χ1) is 12.3. The van der Waals surface area contributed by atoms with E-state index < -0.39 is 0 Å². The Morgan fingerprint density at radius 1 is 1.04 bits per heavy atom. The average molecular weight is 333 g/mol. The first-order valence-corrected chi connectivity index (χ1v) is 8.24. The molecule has 0 aliphatic carbocycles. The molecule has 0 saturated heterocycles. The molecule has 3 N–H and O–H groups in total. The number of nitrogens with one attached hydrogen (secondary N) is 3. The van der Waals surface area contributed by atoms with Gasteiger partial charge in [-0.15, -0.1) is 0 Å². The smallest absolute Gasteiger partial charge is 0.253 e. The highest BCUT2D eigenvalue weighted by molar-refractivity contribution is 6.07. The van der Waals surface area contributed by atoms with Crippen molar-refractivity contribution in [3.63, 3.8) is 0 Å². The number of H-pyrrole nitrogens is 2. The number of hydrogen-bond acceptors (Lipinski definition) is 2. The van der Waals surface area contributed by atoms with E-state index in [0.29, 0.717) is 12.1 Å². The molecular weight excluding hydrogens is 314 g/mol. The van der Waals surface area contributed by atoms with Gasteiger partial charge in [0.1, 0.15) is 5.75 Å². The molecule has 2 aromatic carbocycles. The average Bonchev–Trinajstić information content (AvgIpc) is 3.25. The number of amides is 1. The number of ether oxygens (including phenoxy) is 1. The molecule has 2 aromatic heterocycles. The maximum absolute atomic E-state index is 12.5. The van der Waals surface area contributed by atoms with Crippen LogP contribution in [-0.2, 0) is 6.42 Å². The lowest BCUT2D eigenvalue weighted by Gasteiger charge is -2.04. The standard InChI is InChI=1S/C20H19N3O2/c1-25-14-6-7-16-17(12-23-19(16)10-14)20(24)21-9-8-13-11-22-18-5-3-2-4-15(13)18/h2-7,10-12,22-23H,8-9H2,1H3,(H,21,24). The molecule has 25 heavy (non-hydrogen) atoms.